The molecular weight excluding hydrogens is 306 g/mol. The zero-order valence-corrected chi connectivity index (χ0v) is 14.0. The summed E-state index contributed by atoms with van der Waals surface area (Å²) in [5, 5.41) is 3.93. The number of ether oxygens (including phenoxy) is 1. The first-order chi connectivity index (χ1) is 11.8. The smallest absolute Gasteiger partial charge is 0.227 e. The molecule has 1 amide bonds. The van der Waals surface area contributed by atoms with Gasteiger partial charge in [0, 0.05) is 6.54 Å². The van der Waals surface area contributed by atoms with E-state index in [2.05, 4.69) is 17.1 Å². The fourth-order valence-corrected chi connectivity index (χ4v) is 3.07. The fourth-order valence-electron chi connectivity index (χ4n) is 3.07. The highest BCUT2D eigenvalue weighted by Crippen LogP contribution is 2.29. The summed E-state index contributed by atoms with van der Waals surface area (Å²) < 4.78 is 10.5. The van der Waals surface area contributed by atoms with E-state index in [0.717, 1.165) is 43.5 Å². The van der Waals surface area contributed by atoms with Crippen molar-refractivity contribution in [3.05, 3.63) is 42.0 Å². The highest BCUT2D eigenvalue weighted by molar-refractivity contribution is 5.79. The summed E-state index contributed by atoms with van der Waals surface area (Å²) in [6.45, 7) is 3.50. The third kappa shape index (κ3) is 3.93. The third-order valence-corrected chi connectivity index (χ3v) is 4.23. The minimum Gasteiger partial charge on any atom is -0.494 e. The van der Waals surface area contributed by atoms with E-state index in [-0.39, 0.29) is 11.9 Å². The number of carbonyl (C=O) groups is 1. The average molecular weight is 329 g/mol. The van der Waals surface area contributed by atoms with Crippen LogP contribution >= 0.6 is 0 Å². The summed E-state index contributed by atoms with van der Waals surface area (Å²) in [5.41, 5.74) is 0.964. The van der Waals surface area contributed by atoms with Crippen molar-refractivity contribution in [2.24, 2.45) is 0 Å². The van der Waals surface area contributed by atoms with Gasteiger partial charge in [0.25, 0.3) is 0 Å². The molecule has 1 unspecified atom stereocenters. The summed E-state index contributed by atoms with van der Waals surface area (Å²) >= 11 is 0. The van der Waals surface area contributed by atoms with Crippen LogP contribution in [0.1, 0.15) is 50.0 Å². The van der Waals surface area contributed by atoms with Gasteiger partial charge in [-0.2, -0.15) is 4.98 Å². The fraction of sp³-hybridized carbons (Fsp3) is 0.500. The van der Waals surface area contributed by atoms with Gasteiger partial charge in [-0.25, -0.2) is 0 Å². The van der Waals surface area contributed by atoms with Gasteiger partial charge in [0.2, 0.25) is 12.3 Å². The van der Waals surface area contributed by atoms with Gasteiger partial charge in [0.1, 0.15) is 5.75 Å². The van der Waals surface area contributed by atoms with E-state index in [0.29, 0.717) is 18.9 Å². The van der Waals surface area contributed by atoms with Crippen LogP contribution in [0, 0.1) is 0 Å². The molecular formula is C18H23N3O3. The maximum absolute atomic E-state index is 12.8. The molecule has 0 aliphatic carbocycles. The van der Waals surface area contributed by atoms with Crippen molar-refractivity contribution in [3.8, 4) is 5.75 Å². The number of likely N-dealkylation sites (tertiary alicyclic amines) is 1. The number of nitrogens with zero attached hydrogens (tertiary/aromatic N) is 3. The Labute approximate surface area is 141 Å². The molecule has 0 radical (unpaired) electrons. The molecule has 1 saturated heterocycles. The van der Waals surface area contributed by atoms with E-state index in [9.17, 15) is 4.79 Å². The Hall–Kier alpha value is -2.37. The molecule has 1 aromatic carbocycles. The van der Waals surface area contributed by atoms with Crippen molar-refractivity contribution in [3.63, 3.8) is 0 Å². The van der Waals surface area contributed by atoms with E-state index < -0.39 is 0 Å². The van der Waals surface area contributed by atoms with Crippen molar-refractivity contribution in [1.82, 2.24) is 15.0 Å². The molecule has 24 heavy (non-hydrogen) atoms. The summed E-state index contributed by atoms with van der Waals surface area (Å²) in [6.07, 6.45) is 5.61. The number of aromatic nitrogens is 2. The molecule has 0 spiro atoms. The number of piperidine rings is 1. The molecule has 1 aliphatic heterocycles. The molecule has 0 N–H and O–H groups in total. The minimum atomic E-state index is -0.0791. The van der Waals surface area contributed by atoms with Crippen LogP contribution in [0.2, 0.25) is 0 Å². The molecule has 1 fully saturated rings. The van der Waals surface area contributed by atoms with Crippen LogP contribution in [0.4, 0.5) is 0 Å². The molecule has 2 aromatic rings. The lowest BCUT2D eigenvalue weighted by atomic mass is 10.00. The van der Waals surface area contributed by atoms with E-state index in [1.807, 2.05) is 29.2 Å². The topological polar surface area (TPSA) is 68.5 Å². The van der Waals surface area contributed by atoms with Crippen LogP contribution in [-0.4, -0.2) is 34.1 Å². The number of amides is 1. The molecule has 0 saturated carbocycles. The monoisotopic (exact) mass is 329 g/mol. The van der Waals surface area contributed by atoms with Gasteiger partial charge in [-0.3, -0.25) is 4.79 Å². The average Bonchev–Trinajstić information content (AvgIpc) is 3.15. The van der Waals surface area contributed by atoms with Gasteiger partial charge in [-0.1, -0.05) is 24.2 Å². The molecule has 0 bridgehead atoms. The Morgan fingerprint density at radius 2 is 2.33 bits per heavy atom. The Morgan fingerprint density at radius 1 is 1.42 bits per heavy atom. The third-order valence-electron chi connectivity index (χ3n) is 4.23. The van der Waals surface area contributed by atoms with Gasteiger partial charge in [-0.15, -0.1) is 0 Å². The first-order valence-corrected chi connectivity index (χ1v) is 8.55. The number of hydrogen-bond acceptors (Lipinski definition) is 5. The number of hydrogen-bond donors (Lipinski definition) is 0. The van der Waals surface area contributed by atoms with E-state index in [1.165, 1.54) is 6.39 Å². The molecule has 1 aliphatic rings. The predicted molar refractivity (Wildman–Crippen MR) is 88.5 cm³/mol. The number of rotatable bonds is 6. The predicted octanol–water partition coefficient (Wildman–Crippen LogP) is 3.15. The van der Waals surface area contributed by atoms with E-state index >= 15 is 0 Å². The van der Waals surface area contributed by atoms with Crippen molar-refractivity contribution in [2.45, 2.75) is 45.1 Å². The Kier molecular flexibility index (Phi) is 5.46. The van der Waals surface area contributed by atoms with Crippen LogP contribution < -0.4 is 4.74 Å². The summed E-state index contributed by atoms with van der Waals surface area (Å²) in [5.74, 6) is 1.51. The SMILES string of the molecule is CCCOc1cccc(CC(=O)N2CCCCC2c2ncon2)c1. The summed E-state index contributed by atoms with van der Waals surface area (Å²) in [6, 6.07) is 7.68. The number of carbonyl (C=O) groups excluding carboxylic acids is 1. The lowest BCUT2D eigenvalue weighted by Crippen LogP contribution is -2.39. The largest absolute Gasteiger partial charge is 0.494 e. The van der Waals surface area contributed by atoms with Gasteiger partial charge >= 0.3 is 0 Å². The second kappa shape index (κ2) is 7.95. The van der Waals surface area contributed by atoms with Gasteiger partial charge in [0.15, 0.2) is 5.82 Å². The minimum absolute atomic E-state index is 0.0791. The first-order valence-electron chi connectivity index (χ1n) is 8.55. The zero-order valence-electron chi connectivity index (χ0n) is 14.0. The van der Waals surface area contributed by atoms with Gasteiger partial charge in [-0.05, 0) is 43.4 Å². The molecule has 128 valence electrons. The van der Waals surface area contributed by atoms with Crippen molar-refractivity contribution >= 4 is 5.91 Å². The standard InChI is InChI=1S/C18H23N3O3/c1-2-10-23-15-7-5-6-14(11-15)12-17(22)21-9-4-3-8-16(21)18-19-13-24-20-18/h5-7,11,13,16H,2-4,8-10,12H2,1H3. The second-order valence-electron chi connectivity index (χ2n) is 6.06. The zero-order chi connectivity index (χ0) is 16.8. The first kappa shape index (κ1) is 16.5. The second-order valence-corrected chi connectivity index (χ2v) is 6.06. The van der Waals surface area contributed by atoms with E-state index in [4.69, 9.17) is 9.26 Å². The molecule has 1 aromatic heterocycles. The normalized spacial score (nSPS) is 17.7. The highest BCUT2D eigenvalue weighted by Gasteiger charge is 2.30. The quantitative estimate of drug-likeness (QED) is 0.814. The molecule has 3 rings (SSSR count). The van der Waals surface area contributed by atoms with Gasteiger partial charge in [0.05, 0.1) is 19.1 Å². The Morgan fingerprint density at radius 3 is 3.12 bits per heavy atom. The lowest BCUT2D eigenvalue weighted by molar-refractivity contribution is -0.134. The lowest BCUT2D eigenvalue weighted by Gasteiger charge is -2.34. The number of benzene rings is 1. The van der Waals surface area contributed by atoms with Crippen LogP contribution in [0.15, 0.2) is 35.2 Å². The molecule has 2 heterocycles. The molecule has 6 nitrogen and oxygen atoms in total. The van der Waals surface area contributed by atoms with Crippen LogP contribution in [0.3, 0.4) is 0 Å². The van der Waals surface area contributed by atoms with Crippen molar-refractivity contribution < 1.29 is 14.1 Å². The van der Waals surface area contributed by atoms with Gasteiger partial charge < -0.3 is 14.2 Å². The molecule has 1 atom stereocenters. The van der Waals surface area contributed by atoms with Crippen LogP contribution in [0.25, 0.3) is 0 Å². The van der Waals surface area contributed by atoms with Crippen LogP contribution in [0.5, 0.6) is 5.75 Å². The van der Waals surface area contributed by atoms with Crippen molar-refractivity contribution in [1.29, 1.82) is 0 Å². The van der Waals surface area contributed by atoms with Crippen LogP contribution in [-0.2, 0) is 11.2 Å². The summed E-state index contributed by atoms with van der Waals surface area (Å²) in [7, 11) is 0. The summed E-state index contributed by atoms with van der Waals surface area (Å²) in [4.78, 5) is 18.8. The maximum atomic E-state index is 12.8. The Balaban J connectivity index is 1.69. The Bertz CT molecular complexity index is 657. The van der Waals surface area contributed by atoms with Crippen molar-refractivity contribution in [2.75, 3.05) is 13.2 Å². The maximum Gasteiger partial charge on any atom is 0.227 e. The van der Waals surface area contributed by atoms with E-state index in [1.54, 1.807) is 0 Å². The highest BCUT2D eigenvalue weighted by atomic mass is 16.5. The molecule has 6 heteroatoms.